The van der Waals surface area contributed by atoms with Gasteiger partial charge in [-0.1, -0.05) is 0 Å². The summed E-state index contributed by atoms with van der Waals surface area (Å²) in [5.74, 6) is 0. The van der Waals surface area contributed by atoms with Crippen LogP contribution in [0.4, 0.5) is 4.79 Å². The van der Waals surface area contributed by atoms with Gasteiger partial charge in [0.25, 0.3) is 0 Å². The maximum atomic E-state index is 10.7. The molecule has 5 heteroatoms. The third-order valence-electron chi connectivity index (χ3n) is 2.42. The molecule has 0 radical (unpaired) electrons. The highest BCUT2D eigenvalue weighted by molar-refractivity contribution is 5.65. The van der Waals surface area contributed by atoms with Gasteiger partial charge in [-0.25, -0.2) is 4.79 Å². The van der Waals surface area contributed by atoms with Crippen molar-refractivity contribution in [1.82, 2.24) is 10.2 Å². The number of rotatable bonds is 3. The minimum absolute atomic E-state index is 0.121. The van der Waals surface area contributed by atoms with Crippen molar-refractivity contribution >= 4 is 6.09 Å². The van der Waals surface area contributed by atoms with Crippen LogP contribution in [0.2, 0.25) is 0 Å². The summed E-state index contributed by atoms with van der Waals surface area (Å²) < 4.78 is 0. The molecular weight excluding hydrogens is 182 g/mol. The fourth-order valence-electron chi connectivity index (χ4n) is 1.67. The van der Waals surface area contributed by atoms with Crippen LogP contribution in [-0.4, -0.2) is 47.8 Å². The molecule has 0 spiro atoms. The second kappa shape index (κ2) is 5.17. The first-order valence-corrected chi connectivity index (χ1v) is 5.06. The lowest BCUT2D eigenvalue weighted by Crippen LogP contribution is -2.49. The highest BCUT2D eigenvalue weighted by Gasteiger charge is 2.22. The molecule has 82 valence electrons. The minimum atomic E-state index is -0.822. The van der Waals surface area contributed by atoms with Crippen LogP contribution in [0.25, 0.3) is 0 Å². The molecule has 0 aromatic heterocycles. The molecule has 14 heavy (non-hydrogen) atoms. The molecule has 1 amide bonds. The van der Waals surface area contributed by atoms with E-state index in [9.17, 15) is 4.79 Å². The average molecular weight is 201 g/mol. The summed E-state index contributed by atoms with van der Waals surface area (Å²) in [6.07, 6.45) is 1.15. The van der Waals surface area contributed by atoms with Crippen LogP contribution < -0.4 is 11.1 Å². The molecule has 1 saturated heterocycles. The Kier molecular flexibility index (Phi) is 4.16. The van der Waals surface area contributed by atoms with Crippen molar-refractivity contribution in [3.63, 3.8) is 0 Å². The van der Waals surface area contributed by atoms with Gasteiger partial charge in [-0.3, -0.25) is 0 Å². The largest absolute Gasteiger partial charge is 0.465 e. The van der Waals surface area contributed by atoms with Crippen LogP contribution in [0.5, 0.6) is 0 Å². The fourth-order valence-corrected chi connectivity index (χ4v) is 1.67. The van der Waals surface area contributed by atoms with Crippen LogP contribution in [0.1, 0.15) is 19.8 Å². The number of nitrogens with one attached hydrogen (secondary N) is 1. The van der Waals surface area contributed by atoms with Crippen molar-refractivity contribution in [3.05, 3.63) is 0 Å². The molecular formula is C9H19N3O2. The van der Waals surface area contributed by atoms with Gasteiger partial charge in [0, 0.05) is 31.7 Å². The highest BCUT2D eigenvalue weighted by atomic mass is 16.4. The second-order valence-corrected chi connectivity index (χ2v) is 3.95. The SMILES string of the molecule is C[C@@H](N)CNC1CCCN(C(=O)O)C1. The summed E-state index contributed by atoms with van der Waals surface area (Å²) in [7, 11) is 0. The number of carbonyl (C=O) groups is 1. The summed E-state index contributed by atoms with van der Waals surface area (Å²) in [4.78, 5) is 12.2. The molecule has 0 bridgehead atoms. The van der Waals surface area contributed by atoms with Crippen LogP contribution in [0.15, 0.2) is 0 Å². The molecule has 2 atom stereocenters. The van der Waals surface area contributed by atoms with Gasteiger partial charge in [-0.05, 0) is 19.8 Å². The molecule has 1 unspecified atom stereocenters. The Hall–Kier alpha value is -0.810. The molecule has 1 aliphatic rings. The number of likely N-dealkylation sites (tertiary alicyclic amines) is 1. The Balaban J connectivity index is 2.29. The van der Waals surface area contributed by atoms with E-state index in [1.165, 1.54) is 4.90 Å². The number of piperidine rings is 1. The van der Waals surface area contributed by atoms with Crippen molar-refractivity contribution in [3.8, 4) is 0 Å². The van der Waals surface area contributed by atoms with Gasteiger partial charge in [-0.15, -0.1) is 0 Å². The molecule has 4 N–H and O–H groups in total. The maximum absolute atomic E-state index is 10.7. The molecule has 0 aromatic carbocycles. The number of nitrogens with two attached hydrogens (primary N) is 1. The summed E-state index contributed by atoms with van der Waals surface area (Å²) >= 11 is 0. The predicted octanol–water partition coefficient (Wildman–Crippen LogP) is 0.0656. The van der Waals surface area contributed by atoms with Crippen LogP contribution >= 0.6 is 0 Å². The lowest BCUT2D eigenvalue weighted by molar-refractivity contribution is 0.126. The minimum Gasteiger partial charge on any atom is -0.465 e. The Morgan fingerprint density at radius 2 is 2.50 bits per heavy atom. The zero-order valence-electron chi connectivity index (χ0n) is 8.57. The molecule has 1 heterocycles. The summed E-state index contributed by atoms with van der Waals surface area (Å²) in [6.45, 7) is 3.93. The summed E-state index contributed by atoms with van der Waals surface area (Å²) in [5, 5.41) is 12.1. The average Bonchev–Trinajstić information content (AvgIpc) is 2.15. The molecule has 1 aliphatic heterocycles. The van der Waals surface area contributed by atoms with E-state index < -0.39 is 6.09 Å². The second-order valence-electron chi connectivity index (χ2n) is 3.95. The van der Waals surface area contributed by atoms with Crippen LogP contribution in [0, 0.1) is 0 Å². The van der Waals surface area contributed by atoms with Crippen LogP contribution in [-0.2, 0) is 0 Å². The van der Waals surface area contributed by atoms with E-state index in [2.05, 4.69) is 5.32 Å². The normalized spacial score (nSPS) is 24.7. The van der Waals surface area contributed by atoms with E-state index in [1.807, 2.05) is 6.92 Å². The molecule has 0 saturated carbocycles. The fraction of sp³-hybridized carbons (Fsp3) is 0.889. The van der Waals surface area contributed by atoms with Gasteiger partial charge < -0.3 is 21.1 Å². The molecule has 1 fully saturated rings. The van der Waals surface area contributed by atoms with Gasteiger partial charge >= 0.3 is 6.09 Å². The van der Waals surface area contributed by atoms with E-state index in [4.69, 9.17) is 10.8 Å². The van der Waals surface area contributed by atoms with Gasteiger partial charge in [0.1, 0.15) is 0 Å². The smallest absolute Gasteiger partial charge is 0.407 e. The first-order valence-electron chi connectivity index (χ1n) is 5.06. The third kappa shape index (κ3) is 3.51. The molecule has 0 aliphatic carbocycles. The molecule has 1 rings (SSSR count). The first-order chi connectivity index (χ1) is 6.59. The first kappa shape index (κ1) is 11.3. The molecule has 5 nitrogen and oxygen atoms in total. The number of carboxylic acid groups (broad SMARTS) is 1. The van der Waals surface area contributed by atoms with E-state index in [1.54, 1.807) is 0 Å². The third-order valence-corrected chi connectivity index (χ3v) is 2.42. The predicted molar refractivity (Wildman–Crippen MR) is 54.3 cm³/mol. The number of hydrogen-bond acceptors (Lipinski definition) is 3. The van der Waals surface area contributed by atoms with Gasteiger partial charge in [-0.2, -0.15) is 0 Å². The van der Waals surface area contributed by atoms with E-state index in [0.717, 1.165) is 19.4 Å². The van der Waals surface area contributed by atoms with Gasteiger partial charge in [0.15, 0.2) is 0 Å². The van der Waals surface area contributed by atoms with Gasteiger partial charge in [0.05, 0.1) is 0 Å². The number of nitrogens with zero attached hydrogens (tertiary/aromatic N) is 1. The zero-order valence-corrected chi connectivity index (χ0v) is 8.57. The maximum Gasteiger partial charge on any atom is 0.407 e. The monoisotopic (exact) mass is 201 g/mol. The lowest BCUT2D eigenvalue weighted by atomic mass is 10.1. The summed E-state index contributed by atoms with van der Waals surface area (Å²) in [5.41, 5.74) is 5.61. The van der Waals surface area contributed by atoms with E-state index in [-0.39, 0.29) is 12.1 Å². The van der Waals surface area contributed by atoms with Crippen LogP contribution in [0.3, 0.4) is 0 Å². The van der Waals surface area contributed by atoms with Crippen molar-refractivity contribution in [2.24, 2.45) is 5.73 Å². The lowest BCUT2D eigenvalue weighted by Gasteiger charge is -2.31. The van der Waals surface area contributed by atoms with Crippen molar-refractivity contribution < 1.29 is 9.90 Å². The number of amides is 1. The Labute approximate surface area is 84.3 Å². The van der Waals surface area contributed by atoms with Gasteiger partial charge in [0.2, 0.25) is 0 Å². The van der Waals surface area contributed by atoms with Crippen molar-refractivity contribution in [1.29, 1.82) is 0 Å². The van der Waals surface area contributed by atoms with E-state index >= 15 is 0 Å². The Morgan fingerprint density at radius 1 is 1.79 bits per heavy atom. The highest BCUT2D eigenvalue weighted by Crippen LogP contribution is 2.09. The van der Waals surface area contributed by atoms with Crippen molar-refractivity contribution in [2.45, 2.75) is 31.8 Å². The summed E-state index contributed by atoms with van der Waals surface area (Å²) in [6, 6.07) is 0.390. The number of hydrogen-bond donors (Lipinski definition) is 3. The molecule has 0 aromatic rings. The van der Waals surface area contributed by atoms with Crippen molar-refractivity contribution in [2.75, 3.05) is 19.6 Å². The Morgan fingerprint density at radius 3 is 3.07 bits per heavy atom. The standard InChI is InChI=1S/C9H19N3O2/c1-7(10)5-11-8-3-2-4-12(6-8)9(13)14/h7-8,11H,2-6,10H2,1H3,(H,13,14)/t7-,8?/m1/s1. The zero-order chi connectivity index (χ0) is 10.6. The van der Waals surface area contributed by atoms with E-state index in [0.29, 0.717) is 13.1 Å². The Bertz CT molecular complexity index is 196. The quantitative estimate of drug-likeness (QED) is 0.603. The topological polar surface area (TPSA) is 78.6 Å².